The number of rotatable bonds is 6. The molecule has 1 aliphatic heterocycles. The average Bonchev–Trinajstić information content (AvgIpc) is 2.99. The number of aryl methyl sites for hydroxylation is 1. The van der Waals surface area contributed by atoms with Gasteiger partial charge < -0.3 is 14.4 Å². The first kappa shape index (κ1) is 17.4. The highest BCUT2D eigenvalue weighted by Gasteiger charge is 2.34. The molecule has 7 heteroatoms. The van der Waals surface area contributed by atoms with Crippen LogP contribution in [0.3, 0.4) is 0 Å². The summed E-state index contributed by atoms with van der Waals surface area (Å²) in [6, 6.07) is 9.36. The maximum Gasteiger partial charge on any atom is 0.137 e. The van der Waals surface area contributed by atoms with Gasteiger partial charge in [-0.3, -0.25) is 4.90 Å². The number of nitriles is 1. The van der Waals surface area contributed by atoms with Crippen molar-refractivity contribution in [3.05, 3.63) is 42.0 Å². The molecule has 7 nitrogen and oxygen atoms in total. The summed E-state index contributed by atoms with van der Waals surface area (Å²) in [4.78, 5) is 2.20. The maximum absolute atomic E-state index is 10.9. The van der Waals surface area contributed by atoms with Gasteiger partial charge in [-0.25, -0.2) is 0 Å². The molecular weight excluding hydrogens is 318 g/mol. The molecule has 0 spiro atoms. The van der Waals surface area contributed by atoms with E-state index in [2.05, 4.69) is 21.2 Å². The van der Waals surface area contributed by atoms with E-state index in [4.69, 9.17) is 10.00 Å². The Morgan fingerprint density at radius 3 is 3.00 bits per heavy atom. The fourth-order valence-electron chi connectivity index (χ4n) is 3.27. The van der Waals surface area contributed by atoms with E-state index in [1.54, 1.807) is 18.5 Å². The lowest BCUT2D eigenvalue weighted by Gasteiger charge is -2.39. The van der Waals surface area contributed by atoms with E-state index >= 15 is 0 Å². The first-order chi connectivity index (χ1) is 12.1. The number of ether oxygens (including phenoxy) is 1. The highest BCUT2D eigenvalue weighted by atomic mass is 16.5. The molecule has 0 radical (unpaired) electrons. The summed E-state index contributed by atoms with van der Waals surface area (Å²) >= 11 is 0. The number of aromatic nitrogens is 3. The number of hydrogen-bond acceptors (Lipinski definition) is 6. The summed E-state index contributed by atoms with van der Waals surface area (Å²) in [6.45, 7) is 2.72. The lowest BCUT2D eigenvalue weighted by Crippen LogP contribution is -2.50. The smallest absolute Gasteiger partial charge is 0.137 e. The largest absolute Gasteiger partial charge is 0.491 e. The maximum atomic E-state index is 10.9. The number of piperidine rings is 1. The minimum Gasteiger partial charge on any atom is -0.491 e. The van der Waals surface area contributed by atoms with Gasteiger partial charge in [0, 0.05) is 26.6 Å². The zero-order valence-corrected chi connectivity index (χ0v) is 14.4. The predicted molar refractivity (Wildman–Crippen MR) is 92.0 cm³/mol. The molecule has 0 saturated carbocycles. The van der Waals surface area contributed by atoms with E-state index in [-0.39, 0.29) is 0 Å². The zero-order chi connectivity index (χ0) is 17.7. The van der Waals surface area contributed by atoms with E-state index in [1.165, 1.54) is 0 Å². The SMILES string of the molecule is Cn1cnnc1CC1(O)CCCN(CCOc2ccccc2C#N)C1. The second-order valence-electron chi connectivity index (χ2n) is 6.60. The van der Waals surface area contributed by atoms with Crippen LogP contribution in [0.1, 0.15) is 24.2 Å². The van der Waals surface area contributed by atoms with Crippen molar-refractivity contribution < 1.29 is 9.84 Å². The molecule has 1 unspecified atom stereocenters. The molecule has 1 aliphatic rings. The van der Waals surface area contributed by atoms with Crippen LogP contribution < -0.4 is 4.74 Å². The molecule has 25 heavy (non-hydrogen) atoms. The van der Waals surface area contributed by atoms with Gasteiger partial charge in [-0.1, -0.05) is 12.1 Å². The second kappa shape index (κ2) is 7.64. The van der Waals surface area contributed by atoms with Crippen molar-refractivity contribution in [1.29, 1.82) is 5.26 Å². The van der Waals surface area contributed by atoms with Gasteiger partial charge in [0.05, 0.1) is 11.2 Å². The topological polar surface area (TPSA) is 87.2 Å². The van der Waals surface area contributed by atoms with Gasteiger partial charge in [-0.05, 0) is 31.5 Å². The normalized spacial score (nSPS) is 21.0. The fraction of sp³-hybridized carbons (Fsp3) is 0.500. The van der Waals surface area contributed by atoms with Gasteiger partial charge in [0.1, 0.15) is 30.6 Å². The van der Waals surface area contributed by atoms with E-state index in [0.29, 0.717) is 37.4 Å². The number of likely N-dealkylation sites (tertiary alicyclic amines) is 1. The summed E-state index contributed by atoms with van der Waals surface area (Å²) < 4.78 is 7.60. The molecule has 3 rings (SSSR count). The number of hydrogen-bond donors (Lipinski definition) is 1. The second-order valence-corrected chi connectivity index (χ2v) is 6.60. The summed E-state index contributed by atoms with van der Waals surface area (Å²) in [5.74, 6) is 1.40. The van der Waals surface area contributed by atoms with E-state index < -0.39 is 5.60 Å². The Morgan fingerprint density at radius 1 is 1.40 bits per heavy atom. The molecule has 1 N–H and O–H groups in total. The van der Waals surface area contributed by atoms with Crippen LogP contribution in [0.5, 0.6) is 5.75 Å². The van der Waals surface area contributed by atoms with Gasteiger partial charge in [-0.2, -0.15) is 5.26 Å². The third-order valence-corrected chi connectivity index (χ3v) is 4.60. The summed E-state index contributed by atoms with van der Waals surface area (Å²) in [5.41, 5.74) is -0.246. The van der Waals surface area contributed by atoms with Crippen LogP contribution in [0.25, 0.3) is 0 Å². The molecule has 1 fully saturated rings. The van der Waals surface area contributed by atoms with Crippen LogP contribution in [-0.4, -0.2) is 56.6 Å². The van der Waals surface area contributed by atoms with Crippen LogP contribution in [0, 0.1) is 11.3 Å². The zero-order valence-electron chi connectivity index (χ0n) is 14.4. The van der Waals surface area contributed by atoms with Crippen LogP contribution >= 0.6 is 0 Å². The Bertz CT molecular complexity index is 754. The van der Waals surface area contributed by atoms with Crippen molar-refractivity contribution in [1.82, 2.24) is 19.7 Å². The molecule has 2 heterocycles. The Balaban J connectivity index is 1.53. The van der Waals surface area contributed by atoms with Gasteiger partial charge in [0.15, 0.2) is 0 Å². The van der Waals surface area contributed by atoms with E-state index in [1.807, 2.05) is 23.7 Å². The highest BCUT2D eigenvalue weighted by Crippen LogP contribution is 2.24. The van der Waals surface area contributed by atoms with Crippen molar-refractivity contribution in [3.63, 3.8) is 0 Å². The number of aliphatic hydroxyl groups is 1. The molecule has 132 valence electrons. The van der Waals surface area contributed by atoms with Crippen LogP contribution in [0.4, 0.5) is 0 Å². The fourth-order valence-corrected chi connectivity index (χ4v) is 3.27. The monoisotopic (exact) mass is 341 g/mol. The van der Waals surface area contributed by atoms with Gasteiger partial charge in [0.25, 0.3) is 0 Å². The van der Waals surface area contributed by atoms with Crippen molar-refractivity contribution in [2.75, 3.05) is 26.2 Å². The van der Waals surface area contributed by atoms with E-state index in [9.17, 15) is 5.11 Å². The number of β-amino-alcohol motifs (C(OH)–C–C–N with tert-alkyl or cyclic N) is 1. The van der Waals surface area contributed by atoms with Crippen molar-refractivity contribution in [2.24, 2.45) is 7.05 Å². The van der Waals surface area contributed by atoms with Crippen molar-refractivity contribution in [3.8, 4) is 11.8 Å². The van der Waals surface area contributed by atoms with Crippen LogP contribution in [0.2, 0.25) is 0 Å². The first-order valence-electron chi connectivity index (χ1n) is 8.49. The quantitative estimate of drug-likeness (QED) is 0.848. The molecule has 1 saturated heterocycles. The number of nitrogens with zero attached hydrogens (tertiary/aromatic N) is 5. The summed E-state index contributed by atoms with van der Waals surface area (Å²) in [5, 5.41) is 28.0. The molecule has 0 bridgehead atoms. The van der Waals surface area contributed by atoms with Gasteiger partial charge >= 0.3 is 0 Å². The van der Waals surface area contributed by atoms with Crippen molar-refractivity contribution >= 4 is 0 Å². The molecular formula is C18H23N5O2. The molecule has 1 aromatic heterocycles. The minimum atomic E-state index is -0.788. The Kier molecular flexibility index (Phi) is 5.31. The first-order valence-corrected chi connectivity index (χ1v) is 8.49. The van der Waals surface area contributed by atoms with Gasteiger partial charge in [0.2, 0.25) is 0 Å². The number of benzene rings is 1. The van der Waals surface area contributed by atoms with Crippen LogP contribution in [0.15, 0.2) is 30.6 Å². The molecule has 0 amide bonds. The highest BCUT2D eigenvalue weighted by molar-refractivity contribution is 5.42. The molecule has 0 aliphatic carbocycles. The third kappa shape index (κ3) is 4.35. The molecule has 1 aromatic carbocycles. The average molecular weight is 341 g/mol. The van der Waals surface area contributed by atoms with E-state index in [0.717, 1.165) is 25.2 Å². The van der Waals surface area contributed by atoms with Gasteiger partial charge in [-0.15, -0.1) is 10.2 Å². The predicted octanol–water partition coefficient (Wildman–Crippen LogP) is 1.14. The third-order valence-electron chi connectivity index (χ3n) is 4.60. The summed E-state index contributed by atoms with van der Waals surface area (Å²) in [6.07, 6.45) is 3.84. The molecule has 2 aromatic rings. The lowest BCUT2D eigenvalue weighted by atomic mass is 9.89. The molecule has 1 atom stereocenters. The Hall–Kier alpha value is -2.43. The standard InChI is InChI=1S/C18H23N5O2/c1-22-14-20-21-17(22)11-18(24)7-4-8-23(13-18)9-10-25-16-6-3-2-5-15(16)12-19/h2-3,5-6,14,24H,4,7-11,13H2,1H3. The minimum absolute atomic E-state index is 0.485. The van der Waals surface area contributed by atoms with Crippen molar-refractivity contribution in [2.45, 2.75) is 24.9 Å². The van der Waals surface area contributed by atoms with Crippen LogP contribution in [-0.2, 0) is 13.5 Å². The number of para-hydroxylation sites is 1. The Labute approximate surface area is 147 Å². The summed E-state index contributed by atoms with van der Waals surface area (Å²) in [7, 11) is 1.89. The lowest BCUT2D eigenvalue weighted by molar-refractivity contribution is -0.0344. The Morgan fingerprint density at radius 2 is 2.24 bits per heavy atom.